The van der Waals surface area contributed by atoms with Crippen molar-refractivity contribution in [2.75, 3.05) is 19.6 Å². The van der Waals surface area contributed by atoms with Crippen LogP contribution in [0.3, 0.4) is 0 Å². The highest BCUT2D eigenvalue weighted by atomic mass is 15.3. The average Bonchev–Trinajstić information content (AvgIpc) is 2.43. The van der Waals surface area contributed by atoms with Crippen LogP contribution in [0.15, 0.2) is 30.3 Å². The van der Waals surface area contributed by atoms with Gasteiger partial charge in [-0.2, -0.15) is 0 Å². The molecule has 1 aliphatic heterocycles. The van der Waals surface area contributed by atoms with E-state index >= 15 is 0 Å². The third-order valence-electron chi connectivity index (χ3n) is 4.52. The van der Waals surface area contributed by atoms with Crippen LogP contribution in [0.1, 0.15) is 46.1 Å². The third-order valence-corrected chi connectivity index (χ3v) is 4.52. The number of nitrogens with one attached hydrogen (secondary N) is 1. The molecule has 1 aromatic carbocycles. The molecule has 1 N–H and O–H groups in total. The molecule has 0 amide bonds. The highest BCUT2D eigenvalue weighted by molar-refractivity contribution is 5.25. The van der Waals surface area contributed by atoms with E-state index in [-0.39, 0.29) is 5.54 Å². The van der Waals surface area contributed by atoms with Gasteiger partial charge in [0.15, 0.2) is 0 Å². The second-order valence-corrected chi connectivity index (χ2v) is 6.79. The van der Waals surface area contributed by atoms with Crippen LogP contribution in [0.25, 0.3) is 0 Å². The van der Waals surface area contributed by atoms with Crippen molar-refractivity contribution in [3.8, 4) is 0 Å². The number of nitrogens with zero attached hydrogens (tertiary/aromatic N) is 1. The first-order chi connectivity index (χ1) is 9.56. The molecule has 0 bridgehead atoms. The Hall–Kier alpha value is -0.860. The summed E-state index contributed by atoms with van der Waals surface area (Å²) in [5.74, 6) is 0.761. The first-order valence-electron chi connectivity index (χ1n) is 8.10. The Balaban J connectivity index is 2.16. The van der Waals surface area contributed by atoms with Crippen molar-refractivity contribution in [2.45, 2.75) is 52.1 Å². The number of rotatable bonds is 5. The molecule has 0 aromatic heterocycles. The van der Waals surface area contributed by atoms with Crippen LogP contribution in [0.4, 0.5) is 0 Å². The molecule has 0 radical (unpaired) electrons. The van der Waals surface area contributed by atoms with Crippen LogP contribution in [-0.2, 0) is 5.54 Å². The van der Waals surface area contributed by atoms with E-state index in [9.17, 15) is 0 Å². The first kappa shape index (κ1) is 15.5. The molecule has 1 heterocycles. The quantitative estimate of drug-likeness (QED) is 0.882. The second-order valence-electron chi connectivity index (χ2n) is 6.79. The first-order valence-corrected chi connectivity index (χ1v) is 8.10. The van der Waals surface area contributed by atoms with Crippen molar-refractivity contribution in [2.24, 2.45) is 5.92 Å². The molecule has 2 rings (SSSR count). The Morgan fingerprint density at radius 1 is 1.30 bits per heavy atom. The molecule has 2 nitrogen and oxygen atoms in total. The van der Waals surface area contributed by atoms with E-state index in [0.717, 1.165) is 19.0 Å². The fraction of sp³-hybridized carbons (Fsp3) is 0.667. The van der Waals surface area contributed by atoms with Gasteiger partial charge >= 0.3 is 0 Å². The van der Waals surface area contributed by atoms with E-state index in [1.807, 2.05) is 0 Å². The van der Waals surface area contributed by atoms with Crippen molar-refractivity contribution < 1.29 is 0 Å². The highest BCUT2D eigenvalue weighted by Crippen LogP contribution is 2.31. The summed E-state index contributed by atoms with van der Waals surface area (Å²) in [6, 6.07) is 11.6. The zero-order chi connectivity index (χ0) is 14.6. The van der Waals surface area contributed by atoms with E-state index < -0.39 is 0 Å². The van der Waals surface area contributed by atoms with Crippen molar-refractivity contribution >= 4 is 0 Å². The number of benzene rings is 1. The molecule has 2 unspecified atom stereocenters. The topological polar surface area (TPSA) is 15.3 Å². The van der Waals surface area contributed by atoms with Gasteiger partial charge in [0, 0.05) is 19.1 Å². The SMILES string of the molecule is CCCN1CC(CC(C)C)NCC1(C)c1ccccc1. The van der Waals surface area contributed by atoms with Gasteiger partial charge in [-0.1, -0.05) is 51.1 Å². The molecule has 112 valence electrons. The molecule has 20 heavy (non-hydrogen) atoms. The summed E-state index contributed by atoms with van der Waals surface area (Å²) in [5, 5.41) is 3.79. The minimum atomic E-state index is 0.130. The Labute approximate surface area is 124 Å². The monoisotopic (exact) mass is 274 g/mol. The number of piperazine rings is 1. The Morgan fingerprint density at radius 2 is 2.00 bits per heavy atom. The molecule has 1 aliphatic rings. The van der Waals surface area contributed by atoms with Crippen molar-refractivity contribution in [3.05, 3.63) is 35.9 Å². The lowest BCUT2D eigenvalue weighted by molar-refractivity contribution is 0.0450. The van der Waals surface area contributed by atoms with Crippen molar-refractivity contribution in [1.29, 1.82) is 0 Å². The lowest BCUT2D eigenvalue weighted by atomic mass is 9.85. The Bertz CT molecular complexity index is 401. The van der Waals surface area contributed by atoms with Gasteiger partial charge in [-0.15, -0.1) is 0 Å². The lowest BCUT2D eigenvalue weighted by Crippen LogP contribution is -2.61. The van der Waals surface area contributed by atoms with Crippen LogP contribution >= 0.6 is 0 Å². The zero-order valence-corrected chi connectivity index (χ0v) is 13.5. The van der Waals surface area contributed by atoms with Gasteiger partial charge < -0.3 is 5.32 Å². The largest absolute Gasteiger partial charge is 0.311 e. The minimum Gasteiger partial charge on any atom is -0.311 e. The summed E-state index contributed by atoms with van der Waals surface area (Å²) < 4.78 is 0. The summed E-state index contributed by atoms with van der Waals surface area (Å²) in [5.41, 5.74) is 1.56. The predicted octanol–water partition coefficient (Wildman–Crippen LogP) is 3.63. The summed E-state index contributed by atoms with van der Waals surface area (Å²) in [4.78, 5) is 2.69. The molecule has 1 saturated heterocycles. The maximum Gasteiger partial charge on any atom is 0.0558 e. The van der Waals surface area contributed by atoms with Gasteiger partial charge in [-0.3, -0.25) is 4.90 Å². The third kappa shape index (κ3) is 3.42. The van der Waals surface area contributed by atoms with E-state index in [2.05, 4.69) is 68.2 Å². The van der Waals surface area contributed by atoms with Crippen molar-refractivity contribution in [1.82, 2.24) is 10.2 Å². The van der Waals surface area contributed by atoms with Crippen LogP contribution < -0.4 is 5.32 Å². The van der Waals surface area contributed by atoms with E-state index in [4.69, 9.17) is 0 Å². The molecule has 0 saturated carbocycles. The molecule has 2 heteroatoms. The normalized spacial score (nSPS) is 27.9. The molecule has 1 fully saturated rings. The molecule has 1 aromatic rings. The van der Waals surface area contributed by atoms with E-state index in [0.29, 0.717) is 6.04 Å². The Kier molecular flexibility index (Phi) is 5.22. The van der Waals surface area contributed by atoms with Crippen LogP contribution in [0.5, 0.6) is 0 Å². The zero-order valence-electron chi connectivity index (χ0n) is 13.5. The van der Waals surface area contributed by atoms with E-state index in [1.54, 1.807) is 0 Å². The lowest BCUT2D eigenvalue weighted by Gasteiger charge is -2.49. The van der Waals surface area contributed by atoms with Crippen LogP contribution in [0.2, 0.25) is 0 Å². The molecule has 0 spiro atoms. The molecular formula is C18H30N2. The summed E-state index contributed by atoms with van der Waals surface area (Å²) >= 11 is 0. The summed E-state index contributed by atoms with van der Waals surface area (Å²) in [6.07, 6.45) is 2.49. The minimum absolute atomic E-state index is 0.130. The van der Waals surface area contributed by atoms with Gasteiger partial charge in [0.05, 0.1) is 5.54 Å². The fourth-order valence-corrected chi connectivity index (χ4v) is 3.40. The smallest absolute Gasteiger partial charge is 0.0558 e. The Morgan fingerprint density at radius 3 is 2.60 bits per heavy atom. The second kappa shape index (κ2) is 6.73. The fourth-order valence-electron chi connectivity index (χ4n) is 3.40. The standard InChI is InChI=1S/C18H30N2/c1-5-11-20-13-17(12-15(2)3)19-14-18(20,4)16-9-7-6-8-10-16/h6-10,15,17,19H,5,11-14H2,1-4H3. The van der Waals surface area contributed by atoms with Gasteiger partial charge in [0.1, 0.15) is 0 Å². The number of hydrogen-bond acceptors (Lipinski definition) is 2. The number of hydrogen-bond donors (Lipinski definition) is 1. The van der Waals surface area contributed by atoms with Gasteiger partial charge in [-0.25, -0.2) is 0 Å². The maximum atomic E-state index is 3.79. The van der Waals surface area contributed by atoms with Gasteiger partial charge in [0.2, 0.25) is 0 Å². The van der Waals surface area contributed by atoms with Gasteiger partial charge in [-0.05, 0) is 37.8 Å². The summed E-state index contributed by atoms with van der Waals surface area (Å²) in [7, 11) is 0. The average molecular weight is 274 g/mol. The van der Waals surface area contributed by atoms with E-state index in [1.165, 1.54) is 24.9 Å². The highest BCUT2D eigenvalue weighted by Gasteiger charge is 2.38. The summed E-state index contributed by atoms with van der Waals surface area (Å²) in [6.45, 7) is 12.7. The van der Waals surface area contributed by atoms with Crippen molar-refractivity contribution in [3.63, 3.8) is 0 Å². The van der Waals surface area contributed by atoms with Crippen LogP contribution in [-0.4, -0.2) is 30.6 Å². The maximum absolute atomic E-state index is 3.79. The van der Waals surface area contributed by atoms with Crippen LogP contribution in [0, 0.1) is 5.92 Å². The molecular weight excluding hydrogens is 244 g/mol. The molecule has 2 atom stereocenters. The van der Waals surface area contributed by atoms with Gasteiger partial charge in [0.25, 0.3) is 0 Å². The predicted molar refractivity (Wildman–Crippen MR) is 86.9 cm³/mol. The molecule has 0 aliphatic carbocycles.